The minimum Gasteiger partial charge on any atom is -0.394 e. The van der Waals surface area contributed by atoms with Crippen molar-refractivity contribution >= 4 is 27.7 Å². The van der Waals surface area contributed by atoms with Crippen LogP contribution < -0.4 is 10.2 Å². The number of halogens is 1. The quantitative estimate of drug-likeness (QED) is 0.870. The van der Waals surface area contributed by atoms with Crippen LogP contribution in [-0.4, -0.2) is 40.8 Å². The molecule has 0 saturated carbocycles. The van der Waals surface area contributed by atoms with Crippen LogP contribution in [0.1, 0.15) is 26.2 Å². The highest BCUT2D eigenvalue weighted by atomic mass is 79.9. The first-order chi connectivity index (χ1) is 8.76. The van der Waals surface area contributed by atoms with E-state index in [1.165, 1.54) is 0 Å². The second-order valence-corrected chi connectivity index (χ2v) is 5.32. The van der Waals surface area contributed by atoms with Gasteiger partial charge in [0.1, 0.15) is 5.82 Å². The van der Waals surface area contributed by atoms with Gasteiger partial charge in [0.15, 0.2) is 0 Å². The highest BCUT2D eigenvalue weighted by Gasteiger charge is 2.26. The van der Waals surface area contributed by atoms with Crippen LogP contribution in [-0.2, 0) is 0 Å². The molecule has 2 rings (SSSR count). The van der Waals surface area contributed by atoms with Gasteiger partial charge >= 0.3 is 0 Å². The maximum atomic E-state index is 9.38. The van der Waals surface area contributed by atoms with Crippen LogP contribution >= 0.6 is 15.9 Å². The lowest BCUT2D eigenvalue weighted by Crippen LogP contribution is -2.33. The lowest BCUT2D eigenvalue weighted by Gasteiger charge is -2.25. The Morgan fingerprint density at radius 3 is 3.17 bits per heavy atom. The fourth-order valence-electron chi connectivity index (χ4n) is 2.19. The molecule has 18 heavy (non-hydrogen) atoms. The van der Waals surface area contributed by atoms with Crippen molar-refractivity contribution in [3.8, 4) is 0 Å². The molecule has 1 aliphatic rings. The molecule has 2 heterocycles. The number of nitrogens with zero attached hydrogens (tertiary/aromatic N) is 3. The number of aliphatic hydroxyl groups is 1. The molecule has 0 aliphatic carbocycles. The third-order valence-corrected chi connectivity index (χ3v) is 3.68. The molecule has 1 fully saturated rings. The molecule has 1 aliphatic heterocycles. The van der Waals surface area contributed by atoms with Gasteiger partial charge in [-0.05, 0) is 35.2 Å². The number of aromatic nitrogens is 2. The second-order valence-electron chi connectivity index (χ2n) is 4.46. The van der Waals surface area contributed by atoms with Crippen molar-refractivity contribution in [3.63, 3.8) is 0 Å². The average Bonchev–Trinajstić information content (AvgIpc) is 2.86. The second kappa shape index (κ2) is 6.33. The Labute approximate surface area is 116 Å². The van der Waals surface area contributed by atoms with Crippen LogP contribution in [0.25, 0.3) is 0 Å². The van der Waals surface area contributed by atoms with Gasteiger partial charge in [0.25, 0.3) is 0 Å². The SMILES string of the molecule is CCCNc1ncc(Br)c(N2CCCC2CO)n1. The number of rotatable bonds is 5. The van der Waals surface area contributed by atoms with Crippen LogP contribution in [0.4, 0.5) is 11.8 Å². The van der Waals surface area contributed by atoms with Crippen molar-refractivity contribution in [1.29, 1.82) is 0 Å². The summed E-state index contributed by atoms with van der Waals surface area (Å²) in [6.45, 7) is 4.09. The van der Waals surface area contributed by atoms with Crippen molar-refractivity contribution in [2.75, 3.05) is 29.9 Å². The van der Waals surface area contributed by atoms with Crippen molar-refractivity contribution in [3.05, 3.63) is 10.7 Å². The third kappa shape index (κ3) is 2.92. The topological polar surface area (TPSA) is 61.3 Å². The van der Waals surface area contributed by atoms with Gasteiger partial charge in [0, 0.05) is 19.3 Å². The van der Waals surface area contributed by atoms with Crippen LogP contribution in [0, 0.1) is 0 Å². The van der Waals surface area contributed by atoms with Crippen molar-refractivity contribution < 1.29 is 5.11 Å². The highest BCUT2D eigenvalue weighted by Crippen LogP contribution is 2.30. The Morgan fingerprint density at radius 1 is 1.61 bits per heavy atom. The summed E-state index contributed by atoms with van der Waals surface area (Å²) < 4.78 is 0.880. The Kier molecular flexibility index (Phi) is 4.77. The Hall–Kier alpha value is -0.880. The van der Waals surface area contributed by atoms with Gasteiger partial charge in [0.05, 0.1) is 17.1 Å². The van der Waals surface area contributed by atoms with E-state index in [-0.39, 0.29) is 12.6 Å². The molecule has 1 atom stereocenters. The van der Waals surface area contributed by atoms with Gasteiger partial charge in [-0.15, -0.1) is 0 Å². The zero-order chi connectivity index (χ0) is 13.0. The van der Waals surface area contributed by atoms with Crippen molar-refractivity contribution in [1.82, 2.24) is 9.97 Å². The summed E-state index contributed by atoms with van der Waals surface area (Å²) in [4.78, 5) is 10.9. The first kappa shape index (κ1) is 13.5. The van der Waals surface area contributed by atoms with E-state index < -0.39 is 0 Å². The van der Waals surface area contributed by atoms with E-state index in [1.807, 2.05) is 0 Å². The van der Waals surface area contributed by atoms with E-state index in [9.17, 15) is 5.11 Å². The first-order valence-electron chi connectivity index (χ1n) is 6.40. The van der Waals surface area contributed by atoms with Gasteiger partial charge in [-0.25, -0.2) is 4.98 Å². The summed E-state index contributed by atoms with van der Waals surface area (Å²) in [5.74, 6) is 1.53. The predicted octanol–water partition coefficient (Wildman–Crippen LogP) is 2.02. The molecule has 0 aromatic carbocycles. The van der Waals surface area contributed by atoms with Crippen LogP contribution in [0.2, 0.25) is 0 Å². The number of hydrogen-bond donors (Lipinski definition) is 2. The minimum atomic E-state index is 0.175. The predicted molar refractivity (Wildman–Crippen MR) is 76.0 cm³/mol. The molecule has 1 aromatic rings. The number of anilines is 2. The molecule has 1 saturated heterocycles. The van der Waals surface area contributed by atoms with Gasteiger partial charge in [-0.2, -0.15) is 4.98 Å². The Bertz CT molecular complexity index is 402. The molecule has 2 N–H and O–H groups in total. The smallest absolute Gasteiger partial charge is 0.224 e. The summed E-state index contributed by atoms with van der Waals surface area (Å²) in [7, 11) is 0. The van der Waals surface area contributed by atoms with E-state index >= 15 is 0 Å². The van der Waals surface area contributed by atoms with E-state index in [1.54, 1.807) is 6.20 Å². The monoisotopic (exact) mass is 314 g/mol. The van der Waals surface area contributed by atoms with Crippen LogP contribution in [0.3, 0.4) is 0 Å². The lowest BCUT2D eigenvalue weighted by molar-refractivity contribution is 0.266. The van der Waals surface area contributed by atoms with Gasteiger partial charge in [0.2, 0.25) is 5.95 Å². The average molecular weight is 315 g/mol. The molecule has 100 valence electrons. The fraction of sp³-hybridized carbons (Fsp3) is 0.667. The van der Waals surface area contributed by atoms with E-state index in [2.05, 4.69) is 43.0 Å². The lowest BCUT2D eigenvalue weighted by atomic mass is 10.2. The molecular formula is C12H19BrN4O. The molecule has 1 unspecified atom stereocenters. The summed E-state index contributed by atoms with van der Waals surface area (Å²) in [5, 5.41) is 12.6. The largest absolute Gasteiger partial charge is 0.394 e. The maximum absolute atomic E-state index is 9.38. The summed E-state index contributed by atoms with van der Waals surface area (Å²) in [5.41, 5.74) is 0. The maximum Gasteiger partial charge on any atom is 0.224 e. The standard InChI is InChI=1S/C12H19BrN4O/c1-2-5-14-12-15-7-10(13)11(16-12)17-6-3-4-9(17)8-18/h7,9,18H,2-6,8H2,1H3,(H,14,15,16). The third-order valence-electron chi connectivity index (χ3n) is 3.12. The number of nitrogens with one attached hydrogen (secondary N) is 1. The first-order valence-corrected chi connectivity index (χ1v) is 7.19. The fourth-order valence-corrected chi connectivity index (χ4v) is 2.60. The molecular weight excluding hydrogens is 296 g/mol. The van der Waals surface area contributed by atoms with Gasteiger partial charge < -0.3 is 15.3 Å². The molecule has 5 nitrogen and oxygen atoms in total. The van der Waals surface area contributed by atoms with E-state index in [4.69, 9.17) is 0 Å². The van der Waals surface area contributed by atoms with Crippen LogP contribution in [0.5, 0.6) is 0 Å². The molecule has 0 spiro atoms. The number of hydrogen-bond acceptors (Lipinski definition) is 5. The molecule has 6 heteroatoms. The molecule has 0 amide bonds. The van der Waals surface area contributed by atoms with E-state index in [0.717, 1.165) is 42.6 Å². The van der Waals surface area contributed by atoms with E-state index in [0.29, 0.717) is 5.95 Å². The number of aliphatic hydroxyl groups excluding tert-OH is 1. The summed E-state index contributed by atoms with van der Waals surface area (Å²) >= 11 is 3.49. The van der Waals surface area contributed by atoms with Crippen LogP contribution in [0.15, 0.2) is 10.7 Å². The Balaban J connectivity index is 2.20. The summed E-state index contributed by atoms with van der Waals surface area (Å²) in [6, 6.07) is 0.176. The zero-order valence-corrected chi connectivity index (χ0v) is 12.2. The van der Waals surface area contributed by atoms with Crippen molar-refractivity contribution in [2.24, 2.45) is 0 Å². The highest BCUT2D eigenvalue weighted by molar-refractivity contribution is 9.10. The minimum absolute atomic E-state index is 0.175. The molecule has 1 aromatic heterocycles. The zero-order valence-electron chi connectivity index (χ0n) is 10.6. The Morgan fingerprint density at radius 2 is 2.44 bits per heavy atom. The normalized spacial score (nSPS) is 19.3. The van der Waals surface area contributed by atoms with Crippen molar-refractivity contribution in [2.45, 2.75) is 32.2 Å². The van der Waals surface area contributed by atoms with Gasteiger partial charge in [-0.3, -0.25) is 0 Å². The van der Waals surface area contributed by atoms with Gasteiger partial charge in [-0.1, -0.05) is 6.92 Å². The molecule has 0 radical (unpaired) electrons. The summed E-state index contributed by atoms with van der Waals surface area (Å²) in [6.07, 6.45) is 4.93. The molecule has 0 bridgehead atoms.